The van der Waals surface area contributed by atoms with Gasteiger partial charge in [-0.3, -0.25) is 13.8 Å². The second kappa shape index (κ2) is 47.6. The number of rotatable bonds is 46. The van der Waals surface area contributed by atoms with E-state index in [4.69, 9.17) is 18.5 Å². The van der Waals surface area contributed by atoms with Crippen molar-refractivity contribution < 1.29 is 37.3 Å². The topological polar surface area (TPSA) is 91.3 Å². The zero-order valence-corrected chi connectivity index (χ0v) is 43.1. The van der Waals surface area contributed by atoms with E-state index >= 15 is 0 Å². The van der Waals surface area contributed by atoms with Crippen molar-refractivity contribution in [2.75, 3.05) is 54.1 Å². The highest BCUT2D eigenvalue weighted by Crippen LogP contribution is 2.43. The number of allylic oxidation sites excluding steroid dienone is 18. The number of carbonyl (C=O) groups is 1. The number of carbonyl (C=O) groups excluding carboxylic acids is 1. The standard InChI is InChI=1S/C56H96NO7P/c1-6-8-10-12-14-16-18-20-22-24-26-28-29-30-31-33-35-37-39-41-43-45-47-49-56(58)64-55(54-63-65(59,60)62-52-50-57(3,4)5)53-61-51-48-46-44-42-40-38-36-34-32-27-25-23-21-19-17-15-13-11-9-7-2/h8-11,14-17,20-23,26-28,30-32,55H,6-7,12-13,18-19,24-25,29,33-54H2,1-5H3/p+1/b10-8-,11-9-,16-14-,17-15-,22-20-,23-21-,28-26-,31-30-,32-27-. The van der Waals surface area contributed by atoms with Crippen LogP contribution in [-0.4, -0.2) is 75.6 Å². The van der Waals surface area contributed by atoms with Gasteiger partial charge in [0, 0.05) is 13.0 Å². The van der Waals surface area contributed by atoms with Gasteiger partial charge in [-0.15, -0.1) is 0 Å². The molecule has 9 heteroatoms. The van der Waals surface area contributed by atoms with E-state index in [1.54, 1.807) is 0 Å². The van der Waals surface area contributed by atoms with Crippen molar-refractivity contribution in [3.05, 3.63) is 109 Å². The number of hydrogen-bond acceptors (Lipinski definition) is 6. The van der Waals surface area contributed by atoms with Crippen molar-refractivity contribution in [1.82, 2.24) is 0 Å². The van der Waals surface area contributed by atoms with Crippen molar-refractivity contribution in [2.24, 2.45) is 0 Å². The molecular weight excluding hydrogens is 830 g/mol. The number of phosphoric acid groups is 1. The number of quaternary nitrogens is 1. The summed E-state index contributed by atoms with van der Waals surface area (Å²) in [7, 11) is 1.63. The van der Waals surface area contributed by atoms with Crippen molar-refractivity contribution in [3.8, 4) is 0 Å². The molecule has 0 rings (SSSR count). The lowest BCUT2D eigenvalue weighted by molar-refractivity contribution is -0.870. The maximum absolute atomic E-state index is 12.8. The molecule has 0 radical (unpaired) electrons. The average Bonchev–Trinajstić information content (AvgIpc) is 3.27. The van der Waals surface area contributed by atoms with Crippen LogP contribution in [0.2, 0.25) is 0 Å². The minimum atomic E-state index is -4.30. The molecule has 0 aliphatic rings. The third-order valence-electron chi connectivity index (χ3n) is 10.3. The molecule has 1 N–H and O–H groups in total. The Hall–Kier alpha value is -2.84. The zero-order valence-electron chi connectivity index (χ0n) is 42.2. The minimum absolute atomic E-state index is 0.0772. The molecule has 0 aromatic carbocycles. The van der Waals surface area contributed by atoms with Crippen LogP contribution in [0.4, 0.5) is 0 Å². The van der Waals surface area contributed by atoms with E-state index in [0.29, 0.717) is 24.1 Å². The van der Waals surface area contributed by atoms with Crippen molar-refractivity contribution in [2.45, 2.75) is 187 Å². The Bertz CT molecular complexity index is 1400. The van der Waals surface area contributed by atoms with Crippen LogP contribution in [0.5, 0.6) is 0 Å². The van der Waals surface area contributed by atoms with Gasteiger partial charge in [-0.1, -0.05) is 187 Å². The summed E-state index contributed by atoms with van der Waals surface area (Å²) in [4.78, 5) is 23.0. The summed E-state index contributed by atoms with van der Waals surface area (Å²) in [5.74, 6) is -0.333. The number of unbranched alkanes of at least 4 members (excludes halogenated alkanes) is 14. The molecule has 65 heavy (non-hydrogen) atoms. The molecule has 0 aliphatic heterocycles. The second-order valence-electron chi connectivity index (χ2n) is 17.8. The van der Waals surface area contributed by atoms with E-state index in [-0.39, 0.29) is 25.8 Å². The molecule has 0 aliphatic carbocycles. The smallest absolute Gasteiger partial charge is 0.457 e. The molecule has 0 spiro atoms. The number of hydrogen-bond donors (Lipinski definition) is 1. The highest BCUT2D eigenvalue weighted by atomic mass is 31.2. The van der Waals surface area contributed by atoms with Crippen LogP contribution >= 0.6 is 7.82 Å². The van der Waals surface area contributed by atoms with Crippen LogP contribution < -0.4 is 0 Å². The normalized spacial score (nSPS) is 14.5. The number of ether oxygens (including phenoxy) is 2. The zero-order chi connectivity index (χ0) is 47.6. The van der Waals surface area contributed by atoms with Crippen LogP contribution in [0.25, 0.3) is 0 Å². The first-order valence-electron chi connectivity index (χ1n) is 25.6. The summed E-state index contributed by atoms with van der Waals surface area (Å²) in [5, 5.41) is 0. The predicted octanol–water partition coefficient (Wildman–Crippen LogP) is 15.9. The largest absolute Gasteiger partial charge is 0.472 e. The van der Waals surface area contributed by atoms with Crippen molar-refractivity contribution in [1.29, 1.82) is 0 Å². The van der Waals surface area contributed by atoms with Crippen LogP contribution in [0, 0.1) is 0 Å². The summed E-state index contributed by atoms with van der Waals surface area (Å²) in [6.45, 7) is 5.33. The number of nitrogens with zero attached hydrogens (tertiary/aromatic N) is 1. The summed E-state index contributed by atoms with van der Waals surface area (Å²) in [6.07, 6.45) is 67.0. The molecule has 0 fully saturated rings. The van der Waals surface area contributed by atoms with E-state index in [1.807, 2.05) is 21.1 Å². The first-order valence-corrected chi connectivity index (χ1v) is 27.1. The van der Waals surface area contributed by atoms with Crippen LogP contribution in [0.15, 0.2) is 109 Å². The summed E-state index contributed by atoms with van der Waals surface area (Å²) in [6, 6.07) is 0. The number of esters is 1. The lowest BCUT2D eigenvalue weighted by Gasteiger charge is -2.24. The first kappa shape index (κ1) is 62.2. The summed E-state index contributed by atoms with van der Waals surface area (Å²) >= 11 is 0. The van der Waals surface area contributed by atoms with Gasteiger partial charge in [-0.05, 0) is 96.3 Å². The van der Waals surface area contributed by atoms with Gasteiger partial charge in [-0.2, -0.15) is 0 Å². The van der Waals surface area contributed by atoms with Gasteiger partial charge >= 0.3 is 13.8 Å². The highest BCUT2D eigenvalue weighted by Gasteiger charge is 2.26. The Morgan fingerprint density at radius 3 is 1.26 bits per heavy atom. The summed E-state index contributed by atoms with van der Waals surface area (Å²) < 4.78 is 35.1. The van der Waals surface area contributed by atoms with Gasteiger partial charge in [0.25, 0.3) is 0 Å². The monoisotopic (exact) mass is 927 g/mol. The average molecular weight is 927 g/mol. The fraction of sp³-hybridized carbons (Fsp3) is 0.661. The van der Waals surface area contributed by atoms with Crippen LogP contribution in [-0.2, 0) is 27.9 Å². The Balaban J connectivity index is 4.23. The van der Waals surface area contributed by atoms with Gasteiger partial charge < -0.3 is 18.9 Å². The molecule has 0 heterocycles. The van der Waals surface area contributed by atoms with E-state index < -0.39 is 13.9 Å². The molecule has 0 saturated heterocycles. The lowest BCUT2D eigenvalue weighted by atomic mass is 10.1. The second-order valence-corrected chi connectivity index (χ2v) is 19.2. The number of likely N-dealkylation sites (N-methyl/N-ethyl adjacent to an activating group) is 1. The molecule has 0 bridgehead atoms. The molecule has 372 valence electrons. The fourth-order valence-corrected chi connectivity index (χ4v) is 7.19. The Kier molecular flexibility index (Phi) is 45.6. The Morgan fingerprint density at radius 2 is 0.846 bits per heavy atom. The van der Waals surface area contributed by atoms with Gasteiger partial charge in [0.1, 0.15) is 19.3 Å². The van der Waals surface area contributed by atoms with Gasteiger partial charge in [-0.25, -0.2) is 4.57 Å². The quantitative estimate of drug-likeness (QED) is 0.0214. The lowest BCUT2D eigenvalue weighted by Crippen LogP contribution is -2.37. The van der Waals surface area contributed by atoms with Crippen LogP contribution in [0.1, 0.15) is 181 Å². The SMILES string of the molecule is CC/C=C\C/C=C\C/C=C\C/C=C\C/C=C\CCCCCCCCCC(=O)OC(COCCCCCCCCC/C=C\C/C=C\C/C=C\C/C=C\CC)COP(=O)(O)OCC[N+](C)(C)C. The van der Waals surface area contributed by atoms with Crippen molar-refractivity contribution in [3.63, 3.8) is 0 Å². The third-order valence-corrected chi connectivity index (χ3v) is 11.3. The maximum Gasteiger partial charge on any atom is 0.472 e. The first-order chi connectivity index (χ1) is 31.6. The molecule has 0 amide bonds. The van der Waals surface area contributed by atoms with E-state index in [0.717, 1.165) is 116 Å². The third kappa shape index (κ3) is 52.0. The van der Waals surface area contributed by atoms with E-state index in [2.05, 4.69) is 123 Å². The molecule has 2 unspecified atom stereocenters. The van der Waals surface area contributed by atoms with Gasteiger partial charge in [0.2, 0.25) is 0 Å². The Labute approximate surface area is 400 Å². The maximum atomic E-state index is 12.8. The van der Waals surface area contributed by atoms with Crippen molar-refractivity contribution >= 4 is 13.8 Å². The van der Waals surface area contributed by atoms with E-state index in [1.165, 1.54) is 44.9 Å². The highest BCUT2D eigenvalue weighted by molar-refractivity contribution is 7.47. The predicted molar refractivity (Wildman–Crippen MR) is 279 cm³/mol. The summed E-state index contributed by atoms with van der Waals surface area (Å²) in [5.41, 5.74) is 0. The fourth-order valence-electron chi connectivity index (χ4n) is 6.45. The van der Waals surface area contributed by atoms with Gasteiger partial charge in [0.15, 0.2) is 0 Å². The van der Waals surface area contributed by atoms with Gasteiger partial charge in [0.05, 0.1) is 34.4 Å². The Morgan fingerprint density at radius 1 is 0.477 bits per heavy atom. The molecule has 0 aromatic heterocycles. The molecular formula is C56H97NO7P+. The molecule has 2 atom stereocenters. The van der Waals surface area contributed by atoms with Crippen LogP contribution in [0.3, 0.4) is 0 Å². The molecule has 0 aromatic rings. The number of phosphoric ester groups is 1. The van der Waals surface area contributed by atoms with E-state index in [9.17, 15) is 14.3 Å². The molecule has 8 nitrogen and oxygen atoms in total. The minimum Gasteiger partial charge on any atom is -0.457 e. The molecule has 0 saturated carbocycles.